The lowest BCUT2D eigenvalue weighted by molar-refractivity contribution is 0.0447. The third kappa shape index (κ3) is 3.09. The van der Waals surface area contributed by atoms with Crippen LogP contribution in [0.2, 0.25) is 5.02 Å². The fraction of sp³-hybridized carbons (Fsp3) is 0.600. The van der Waals surface area contributed by atoms with Gasteiger partial charge in [-0.15, -0.1) is 0 Å². The third-order valence-electron chi connectivity index (χ3n) is 4.17. The largest absolute Gasteiger partial charge is 0.388 e. The second-order valence-corrected chi connectivity index (χ2v) is 6.52. The fourth-order valence-corrected chi connectivity index (χ4v) is 3.79. The zero-order valence-electron chi connectivity index (χ0n) is 10.7. The van der Waals surface area contributed by atoms with Crippen molar-refractivity contribution in [3.05, 3.63) is 33.3 Å². The molecule has 0 aromatic heterocycles. The van der Waals surface area contributed by atoms with Crippen LogP contribution in [-0.2, 0) is 0 Å². The number of benzene rings is 1. The number of rotatable bonds is 3. The molecule has 1 nitrogen and oxygen atoms in total. The van der Waals surface area contributed by atoms with Gasteiger partial charge >= 0.3 is 0 Å². The minimum Gasteiger partial charge on any atom is -0.388 e. The Kier molecular flexibility index (Phi) is 5.11. The summed E-state index contributed by atoms with van der Waals surface area (Å²) in [7, 11) is 0. The Bertz CT molecular complexity index is 407. The van der Waals surface area contributed by atoms with E-state index < -0.39 is 6.10 Å². The standard InChI is InChI=1S/C15H20BrClO/c1-2-10-5-3-4-6-12(10)15(18)13-9-11(17)7-8-14(13)16/h7-10,12,15,18H,2-6H2,1H3. The van der Waals surface area contributed by atoms with Crippen molar-refractivity contribution in [2.75, 3.05) is 0 Å². The molecule has 0 amide bonds. The molecule has 2 rings (SSSR count). The van der Waals surface area contributed by atoms with E-state index in [1.165, 1.54) is 19.3 Å². The van der Waals surface area contributed by atoms with Crippen molar-refractivity contribution in [1.82, 2.24) is 0 Å². The first kappa shape index (κ1) is 14.4. The minimum atomic E-state index is -0.400. The molecule has 0 spiro atoms. The Balaban J connectivity index is 2.23. The smallest absolute Gasteiger partial charge is 0.0832 e. The molecule has 1 aliphatic carbocycles. The number of halogens is 2. The lowest BCUT2D eigenvalue weighted by atomic mass is 9.73. The highest BCUT2D eigenvalue weighted by Gasteiger charge is 2.31. The van der Waals surface area contributed by atoms with E-state index in [-0.39, 0.29) is 0 Å². The van der Waals surface area contributed by atoms with Gasteiger partial charge in [-0.1, -0.05) is 60.1 Å². The second-order valence-electron chi connectivity index (χ2n) is 5.23. The summed E-state index contributed by atoms with van der Waals surface area (Å²) in [6, 6.07) is 5.66. The zero-order valence-corrected chi connectivity index (χ0v) is 13.0. The van der Waals surface area contributed by atoms with Gasteiger partial charge in [0, 0.05) is 9.50 Å². The summed E-state index contributed by atoms with van der Waals surface area (Å²) in [6.07, 6.45) is 5.66. The molecule has 1 saturated carbocycles. The van der Waals surface area contributed by atoms with Crippen LogP contribution in [0.4, 0.5) is 0 Å². The first-order valence-corrected chi connectivity index (χ1v) is 7.93. The molecule has 1 fully saturated rings. The topological polar surface area (TPSA) is 20.2 Å². The van der Waals surface area contributed by atoms with Gasteiger partial charge in [0.2, 0.25) is 0 Å². The second kappa shape index (κ2) is 6.40. The number of aliphatic hydroxyl groups is 1. The maximum Gasteiger partial charge on any atom is 0.0832 e. The monoisotopic (exact) mass is 330 g/mol. The van der Waals surface area contributed by atoms with Gasteiger partial charge in [-0.05, 0) is 42.0 Å². The van der Waals surface area contributed by atoms with Gasteiger partial charge in [0.25, 0.3) is 0 Å². The molecule has 1 aromatic rings. The molecule has 0 saturated heterocycles. The van der Waals surface area contributed by atoms with Gasteiger partial charge in [-0.25, -0.2) is 0 Å². The minimum absolute atomic E-state index is 0.374. The van der Waals surface area contributed by atoms with E-state index in [0.717, 1.165) is 22.9 Å². The first-order valence-electron chi connectivity index (χ1n) is 6.76. The van der Waals surface area contributed by atoms with Gasteiger partial charge in [-0.2, -0.15) is 0 Å². The molecule has 18 heavy (non-hydrogen) atoms. The van der Waals surface area contributed by atoms with Crippen molar-refractivity contribution in [2.24, 2.45) is 11.8 Å². The van der Waals surface area contributed by atoms with Crippen LogP contribution in [0.5, 0.6) is 0 Å². The van der Waals surface area contributed by atoms with E-state index in [2.05, 4.69) is 22.9 Å². The molecule has 3 heteroatoms. The molecule has 0 bridgehead atoms. The Morgan fingerprint density at radius 2 is 2.11 bits per heavy atom. The van der Waals surface area contributed by atoms with Crippen LogP contribution in [0.1, 0.15) is 50.7 Å². The average Bonchev–Trinajstić information content (AvgIpc) is 2.40. The molecule has 0 aliphatic heterocycles. The Labute approximate surface area is 123 Å². The van der Waals surface area contributed by atoms with Crippen molar-refractivity contribution in [2.45, 2.75) is 45.1 Å². The van der Waals surface area contributed by atoms with Crippen LogP contribution in [0.15, 0.2) is 22.7 Å². The van der Waals surface area contributed by atoms with E-state index in [0.29, 0.717) is 16.9 Å². The Morgan fingerprint density at radius 1 is 1.39 bits per heavy atom. The van der Waals surface area contributed by atoms with Crippen molar-refractivity contribution in [1.29, 1.82) is 0 Å². The van der Waals surface area contributed by atoms with Crippen molar-refractivity contribution < 1.29 is 5.11 Å². The SMILES string of the molecule is CCC1CCCCC1C(O)c1cc(Cl)ccc1Br. The molecule has 0 heterocycles. The zero-order chi connectivity index (χ0) is 13.1. The van der Waals surface area contributed by atoms with Gasteiger partial charge < -0.3 is 5.11 Å². The van der Waals surface area contributed by atoms with Crippen molar-refractivity contribution in [3.8, 4) is 0 Å². The predicted molar refractivity (Wildman–Crippen MR) is 79.9 cm³/mol. The lowest BCUT2D eigenvalue weighted by Gasteiger charge is -2.34. The number of hydrogen-bond acceptors (Lipinski definition) is 1. The maximum absolute atomic E-state index is 10.7. The molecule has 1 N–H and O–H groups in total. The molecule has 0 radical (unpaired) electrons. The van der Waals surface area contributed by atoms with E-state index in [4.69, 9.17) is 11.6 Å². The molecule has 1 aromatic carbocycles. The molecule has 100 valence electrons. The average molecular weight is 332 g/mol. The highest BCUT2D eigenvalue weighted by Crippen LogP contribution is 2.42. The molecular weight excluding hydrogens is 312 g/mol. The van der Waals surface area contributed by atoms with Crippen molar-refractivity contribution >= 4 is 27.5 Å². The Hall–Kier alpha value is -0.0500. The van der Waals surface area contributed by atoms with E-state index >= 15 is 0 Å². The maximum atomic E-state index is 10.7. The summed E-state index contributed by atoms with van der Waals surface area (Å²) in [5, 5.41) is 11.4. The molecular formula is C15H20BrClO. The van der Waals surface area contributed by atoms with Gasteiger partial charge in [0.05, 0.1) is 6.10 Å². The summed E-state index contributed by atoms with van der Waals surface area (Å²) in [5.41, 5.74) is 0.938. The van der Waals surface area contributed by atoms with E-state index in [1.807, 2.05) is 18.2 Å². The summed E-state index contributed by atoms with van der Waals surface area (Å²) >= 11 is 9.56. The predicted octanol–water partition coefficient (Wildman–Crippen LogP) is 5.35. The van der Waals surface area contributed by atoms with E-state index in [9.17, 15) is 5.11 Å². The van der Waals surface area contributed by atoms with E-state index in [1.54, 1.807) is 0 Å². The van der Waals surface area contributed by atoms with Gasteiger partial charge in [0.1, 0.15) is 0 Å². The fourth-order valence-electron chi connectivity index (χ4n) is 3.13. The third-order valence-corrected chi connectivity index (χ3v) is 5.13. The Morgan fingerprint density at radius 3 is 2.83 bits per heavy atom. The van der Waals surface area contributed by atoms with Crippen LogP contribution < -0.4 is 0 Å². The van der Waals surface area contributed by atoms with Gasteiger partial charge in [0.15, 0.2) is 0 Å². The van der Waals surface area contributed by atoms with Crippen LogP contribution in [-0.4, -0.2) is 5.11 Å². The summed E-state index contributed by atoms with van der Waals surface area (Å²) in [6.45, 7) is 2.22. The normalized spacial score (nSPS) is 26.0. The highest BCUT2D eigenvalue weighted by molar-refractivity contribution is 9.10. The van der Waals surface area contributed by atoms with Crippen LogP contribution in [0, 0.1) is 11.8 Å². The lowest BCUT2D eigenvalue weighted by Crippen LogP contribution is -2.25. The summed E-state index contributed by atoms with van der Waals surface area (Å²) in [4.78, 5) is 0. The highest BCUT2D eigenvalue weighted by atomic mass is 79.9. The first-order chi connectivity index (χ1) is 8.63. The van der Waals surface area contributed by atoms with Crippen LogP contribution in [0.3, 0.4) is 0 Å². The van der Waals surface area contributed by atoms with Crippen molar-refractivity contribution in [3.63, 3.8) is 0 Å². The number of aliphatic hydroxyl groups excluding tert-OH is 1. The van der Waals surface area contributed by atoms with Gasteiger partial charge in [-0.3, -0.25) is 0 Å². The van der Waals surface area contributed by atoms with Crippen LogP contribution in [0.25, 0.3) is 0 Å². The summed E-state index contributed by atoms with van der Waals surface area (Å²) in [5.74, 6) is 1.01. The molecule has 3 unspecified atom stereocenters. The van der Waals surface area contributed by atoms with Crippen LogP contribution >= 0.6 is 27.5 Å². The quantitative estimate of drug-likeness (QED) is 0.791. The number of hydrogen-bond donors (Lipinski definition) is 1. The summed E-state index contributed by atoms with van der Waals surface area (Å²) < 4.78 is 0.958. The molecule has 3 atom stereocenters. The molecule has 1 aliphatic rings.